The van der Waals surface area contributed by atoms with Crippen molar-refractivity contribution in [3.8, 4) is 6.07 Å². The molecule has 0 atom stereocenters. The predicted molar refractivity (Wildman–Crippen MR) is 70.5 cm³/mol. The van der Waals surface area contributed by atoms with E-state index >= 15 is 0 Å². The van der Waals surface area contributed by atoms with Crippen molar-refractivity contribution in [2.75, 3.05) is 5.75 Å². The highest BCUT2D eigenvalue weighted by Crippen LogP contribution is 2.60. The molecule has 2 saturated carbocycles. The number of rotatable bonds is 3. The second kappa shape index (κ2) is 5.00. The molecule has 0 aromatic carbocycles. The Morgan fingerprint density at radius 3 is 2.25 bits per heavy atom. The van der Waals surface area contributed by atoms with Gasteiger partial charge in [-0.2, -0.15) is 5.26 Å². The van der Waals surface area contributed by atoms with E-state index in [1.165, 1.54) is 57.8 Å². The summed E-state index contributed by atoms with van der Waals surface area (Å²) in [6.45, 7) is 2.21. The first-order chi connectivity index (χ1) is 7.74. The molecule has 0 aromatic rings. The Balaban J connectivity index is 1.92. The molecule has 0 aromatic heterocycles. The van der Waals surface area contributed by atoms with Gasteiger partial charge in [0.1, 0.15) is 4.75 Å². The van der Waals surface area contributed by atoms with Gasteiger partial charge in [0.2, 0.25) is 0 Å². The summed E-state index contributed by atoms with van der Waals surface area (Å²) in [6.07, 6.45) is 12.0. The van der Waals surface area contributed by atoms with Crippen LogP contribution in [0.1, 0.15) is 64.7 Å². The maximum absolute atomic E-state index is 9.38. The van der Waals surface area contributed by atoms with Crippen LogP contribution in [-0.2, 0) is 0 Å². The first-order valence-electron chi connectivity index (χ1n) is 6.79. The molecule has 0 aliphatic heterocycles. The van der Waals surface area contributed by atoms with Gasteiger partial charge >= 0.3 is 0 Å². The third kappa shape index (κ3) is 2.40. The lowest BCUT2D eigenvalue weighted by atomic mass is 9.58. The molecule has 2 rings (SSSR count). The minimum atomic E-state index is 0.000347. The Bertz CT molecular complexity index is 263. The molecule has 2 aliphatic rings. The van der Waals surface area contributed by atoms with Gasteiger partial charge < -0.3 is 0 Å². The minimum Gasteiger partial charge on any atom is -0.197 e. The Morgan fingerprint density at radius 1 is 1.12 bits per heavy atom. The molecule has 0 unspecified atom stereocenters. The maximum atomic E-state index is 9.38. The van der Waals surface area contributed by atoms with Gasteiger partial charge in [0, 0.05) is 0 Å². The molecule has 1 spiro atoms. The molecule has 0 saturated heterocycles. The van der Waals surface area contributed by atoms with E-state index in [1.807, 2.05) is 11.8 Å². The summed E-state index contributed by atoms with van der Waals surface area (Å²) in [7, 11) is 0. The smallest absolute Gasteiger partial charge is 0.103 e. The molecule has 2 heteroatoms. The largest absolute Gasteiger partial charge is 0.197 e. The summed E-state index contributed by atoms with van der Waals surface area (Å²) in [5.41, 5.74) is 0.576. The van der Waals surface area contributed by atoms with Crippen molar-refractivity contribution in [1.29, 1.82) is 5.26 Å². The Labute approximate surface area is 104 Å². The SMILES string of the molecule is CCCSC1(C#N)CC2(CCCCCC2)C1. The summed E-state index contributed by atoms with van der Waals surface area (Å²) in [5, 5.41) is 9.38. The second-order valence-corrected chi connectivity index (χ2v) is 7.20. The van der Waals surface area contributed by atoms with Crippen LogP contribution in [0.5, 0.6) is 0 Å². The van der Waals surface area contributed by atoms with Gasteiger partial charge in [0.15, 0.2) is 0 Å². The van der Waals surface area contributed by atoms with E-state index in [0.717, 1.165) is 5.75 Å². The average Bonchev–Trinajstić information content (AvgIpc) is 2.50. The molecule has 2 fully saturated rings. The molecular formula is C14H23NS. The molecule has 2 aliphatic carbocycles. The monoisotopic (exact) mass is 237 g/mol. The molecular weight excluding hydrogens is 214 g/mol. The quantitative estimate of drug-likeness (QED) is 0.720. The van der Waals surface area contributed by atoms with Crippen molar-refractivity contribution in [3.05, 3.63) is 0 Å². The standard InChI is InChI=1S/C14H23NS/c1-2-9-16-14(12-15)10-13(11-14)7-5-3-4-6-8-13/h2-11H2,1H3. The zero-order valence-corrected chi connectivity index (χ0v) is 11.2. The summed E-state index contributed by atoms with van der Waals surface area (Å²) < 4.78 is 0.000347. The van der Waals surface area contributed by atoms with E-state index < -0.39 is 0 Å². The lowest BCUT2D eigenvalue weighted by Crippen LogP contribution is -2.48. The number of hydrogen-bond acceptors (Lipinski definition) is 2. The molecule has 0 bridgehead atoms. The fraction of sp³-hybridized carbons (Fsp3) is 0.929. The average molecular weight is 237 g/mol. The van der Waals surface area contributed by atoms with Gasteiger partial charge in [-0.15, -0.1) is 11.8 Å². The summed E-state index contributed by atoms with van der Waals surface area (Å²) in [5.74, 6) is 1.16. The highest BCUT2D eigenvalue weighted by Gasteiger charge is 2.54. The lowest BCUT2D eigenvalue weighted by Gasteiger charge is -2.52. The van der Waals surface area contributed by atoms with Gasteiger partial charge in [-0.05, 0) is 43.3 Å². The highest BCUT2D eigenvalue weighted by atomic mass is 32.2. The fourth-order valence-corrected chi connectivity index (χ4v) is 4.98. The molecule has 0 radical (unpaired) electrons. The van der Waals surface area contributed by atoms with E-state index in [4.69, 9.17) is 0 Å². The number of thioether (sulfide) groups is 1. The number of nitriles is 1. The topological polar surface area (TPSA) is 23.8 Å². The highest BCUT2D eigenvalue weighted by molar-refractivity contribution is 8.00. The van der Waals surface area contributed by atoms with Crippen LogP contribution < -0.4 is 0 Å². The summed E-state index contributed by atoms with van der Waals surface area (Å²) >= 11 is 1.92. The van der Waals surface area contributed by atoms with Crippen molar-refractivity contribution in [3.63, 3.8) is 0 Å². The Hall–Kier alpha value is -0.160. The van der Waals surface area contributed by atoms with Crippen LogP contribution >= 0.6 is 11.8 Å². The van der Waals surface area contributed by atoms with Crippen molar-refractivity contribution in [1.82, 2.24) is 0 Å². The van der Waals surface area contributed by atoms with Crippen molar-refractivity contribution >= 4 is 11.8 Å². The molecule has 0 heterocycles. The Kier molecular flexibility index (Phi) is 3.85. The van der Waals surface area contributed by atoms with Gasteiger partial charge in [-0.25, -0.2) is 0 Å². The molecule has 0 N–H and O–H groups in total. The van der Waals surface area contributed by atoms with E-state index in [2.05, 4.69) is 13.0 Å². The molecule has 1 nitrogen and oxygen atoms in total. The van der Waals surface area contributed by atoms with Crippen LogP contribution in [0.4, 0.5) is 0 Å². The van der Waals surface area contributed by atoms with Crippen LogP contribution in [0.25, 0.3) is 0 Å². The van der Waals surface area contributed by atoms with Crippen LogP contribution in [0.15, 0.2) is 0 Å². The second-order valence-electron chi connectivity index (χ2n) is 5.72. The van der Waals surface area contributed by atoms with Gasteiger partial charge in [0.25, 0.3) is 0 Å². The minimum absolute atomic E-state index is 0.000347. The summed E-state index contributed by atoms with van der Waals surface area (Å²) in [6, 6.07) is 2.60. The van der Waals surface area contributed by atoms with Gasteiger partial charge in [-0.3, -0.25) is 0 Å². The van der Waals surface area contributed by atoms with Crippen molar-refractivity contribution in [2.24, 2.45) is 5.41 Å². The zero-order chi connectivity index (χ0) is 11.5. The number of hydrogen-bond donors (Lipinski definition) is 0. The molecule has 16 heavy (non-hydrogen) atoms. The Morgan fingerprint density at radius 2 is 1.75 bits per heavy atom. The van der Waals surface area contributed by atoms with E-state index in [-0.39, 0.29) is 4.75 Å². The first-order valence-corrected chi connectivity index (χ1v) is 7.78. The molecule has 0 amide bonds. The van der Waals surface area contributed by atoms with Crippen molar-refractivity contribution < 1.29 is 0 Å². The van der Waals surface area contributed by atoms with E-state index in [1.54, 1.807) is 0 Å². The van der Waals surface area contributed by atoms with Gasteiger partial charge in [-0.1, -0.05) is 32.6 Å². The predicted octanol–water partition coefficient (Wildman–Crippen LogP) is 4.53. The fourth-order valence-electron chi connectivity index (χ4n) is 3.50. The first kappa shape index (κ1) is 12.3. The maximum Gasteiger partial charge on any atom is 0.103 e. The third-order valence-corrected chi connectivity index (χ3v) is 5.82. The van der Waals surface area contributed by atoms with Crippen LogP contribution in [0, 0.1) is 16.7 Å². The van der Waals surface area contributed by atoms with Gasteiger partial charge in [0.05, 0.1) is 6.07 Å². The number of nitrogens with zero attached hydrogens (tertiary/aromatic N) is 1. The van der Waals surface area contributed by atoms with Crippen LogP contribution in [-0.4, -0.2) is 10.5 Å². The van der Waals surface area contributed by atoms with Crippen LogP contribution in [0.3, 0.4) is 0 Å². The third-order valence-electron chi connectivity index (χ3n) is 4.27. The summed E-state index contributed by atoms with van der Waals surface area (Å²) in [4.78, 5) is 0. The van der Waals surface area contributed by atoms with E-state index in [9.17, 15) is 5.26 Å². The van der Waals surface area contributed by atoms with E-state index in [0.29, 0.717) is 5.41 Å². The normalized spacial score (nSPS) is 26.8. The van der Waals surface area contributed by atoms with Crippen molar-refractivity contribution in [2.45, 2.75) is 69.5 Å². The van der Waals surface area contributed by atoms with Crippen LogP contribution in [0.2, 0.25) is 0 Å². The zero-order valence-electron chi connectivity index (χ0n) is 10.4. The molecule has 90 valence electrons. The lowest BCUT2D eigenvalue weighted by molar-refractivity contribution is 0.0883.